The normalized spacial score (nSPS) is 16.1. The Hall–Kier alpha value is -1.85. The van der Waals surface area contributed by atoms with Crippen LogP contribution in [-0.4, -0.2) is 47.4 Å². The molecule has 0 radical (unpaired) electrons. The van der Waals surface area contributed by atoms with E-state index in [4.69, 9.17) is 11.6 Å². The van der Waals surface area contributed by atoms with E-state index in [0.717, 1.165) is 44.1 Å². The fourth-order valence-electron chi connectivity index (χ4n) is 3.10. The number of hydrogen-bond donors (Lipinski definition) is 0. The van der Waals surface area contributed by atoms with E-state index in [1.807, 2.05) is 30.3 Å². The molecule has 1 fully saturated rings. The number of anilines is 1. The molecule has 1 aliphatic rings. The zero-order valence-corrected chi connectivity index (χ0v) is 16.5. The number of aromatic nitrogens is 2. The summed E-state index contributed by atoms with van der Waals surface area (Å²) in [5.74, 6) is 0. The summed E-state index contributed by atoms with van der Waals surface area (Å²) in [4.78, 5) is 17.3. The minimum atomic E-state index is -0.273. The standard InChI is InChI=1S/C20H27ClN4O/c1-20(2,3)9-10-23-11-13-24(14-12-23)17-15-22-25(19(26)18(17)21)16-7-5-4-6-8-16/h4-8,15H,9-14H2,1-3H3. The van der Waals surface area contributed by atoms with Crippen LogP contribution in [0.1, 0.15) is 27.2 Å². The van der Waals surface area contributed by atoms with Crippen molar-refractivity contribution in [2.75, 3.05) is 37.6 Å². The molecule has 1 saturated heterocycles. The molecule has 0 atom stereocenters. The average Bonchev–Trinajstić information content (AvgIpc) is 2.63. The number of piperazine rings is 1. The molecule has 5 nitrogen and oxygen atoms in total. The van der Waals surface area contributed by atoms with E-state index in [2.05, 4.69) is 35.7 Å². The van der Waals surface area contributed by atoms with Gasteiger partial charge >= 0.3 is 0 Å². The fourth-order valence-corrected chi connectivity index (χ4v) is 3.35. The molecule has 1 aromatic carbocycles. The Labute approximate surface area is 160 Å². The van der Waals surface area contributed by atoms with Gasteiger partial charge in [0.15, 0.2) is 0 Å². The maximum atomic E-state index is 12.6. The van der Waals surface area contributed by atoms with Crippen molar-refractivity contribution in [1.29, 1.82) is 0 Å². The molecule has 1 aromatic heterocycles. The van der Waals surface area contributed by atoms with Gasteiger partial charge in [-0.25, -0.2) is 0 Å². The highest BCUT2D eigenvalue weighted by Crippen LogP contribution is 2.24. The second kappa shape index (κ2) is 7.80. The zero-order chi connectivity index (χ0) is 18.7. The van der Waals surface area contributed by atoms with Crippen molar-refractivity contribution in [1.82, 2.24) is 14.7 Å². The first-order valence-electron chi connectivity index (χ1n) is 9.16. The van der Waals surface area contributed by atoms with Gasteiger partial charge in [0, 0.05) is 26.2 Å². The van der Waals surface area contributed by atoms with Crippen LogP contribution in [0, 0.1) is 5.41 Å². The van der Waals surface area contributed by atoms with E-state index >= 15 is 0 Å². The third-order valence-corrected chi connectivity index (χ3v) is 5.15. The van der Waals surface area contributed by atoms with Crippen LogP contribution < -0.4 is 10.5 Å². The van der Waals surface area contributed by atoms with E-state index in [-0.39, 0.29) is 10.6 Å². The maximum Gasteiger partial charge on any atom is 0.292 e. The SMILES string of the molecule is CC(C)(C)CCN1CCN(c2cnn(-c3ccccc3)c(=O)c2Cl)CC1. The molecule has 0 spiro atoms. The van der Waals surface area contributed by atoms with E-state index in [0.29, 0.717) is 5.41 Å². The third-order valence-electron chi connectivity index (χ3n) is 4.79. The average molecular weight is 375 g/mol. The molecule has 0 saturated carbocycles. The lowest BCUT2D eigenvalue weighted by Gasteiger charge is -2.37. The van der Waals surface area contributed by atoms with Crippen LogP contribution in [0.5, 0.6) is 0 Å². The topological polar surface area (TPSA) is 41.4 Å². The van der Waals surface area contributed by atoms with Gasteiger partial charge in [0.25, 0.3) is 5.56 Å². The van der Waals surface area contributed by atoms with Crippen molar-refractivity contribution in [3.8, 4) is 5.69 Å². The van der Waals surface area contributed by atoms with Crippen LogP contribution in [0.4, 0.5) is 5.69 Å². The van der Waals surface area contributed by atoms with Gasteiger partial charge in [0.2, 0.25) is 0 Å². The van der Waals surface area contributed by atoms with Crippen LogP contribution in [0.3, 0.4) is 0 Å². The molecule has 26 heavy (non-hydrogen) atoms. The Morgan fingerprint density at radius 1 is 1.08 bits per heavy atom. The number of benzene rings is 1. The molecule has 2 aromatic rings. The largest absolute Gasteiger partial charge is 0.366 e. The number of rotatable bonds is 4. The summed E-state index contributed by atoms with van der Waals surface area (Å²) < 4.78 is 1.35. The summed E-state index contributed by atoms with van der Waals surface area (Å²) in [5, 5.41) is 4.58. The van der Waals surface area contributed by atoms with Crippen LogP contribution in [0.15, 0.2) is 41.3 Å². The highest BCUT2D eigenvalue weighted by molar-refractivity contribution is 6.33. The van der Waals surface area contributed by atoms with Gasteiger partial charge in [-0.05, 0) is 30.5 Å². The number of para-hydroxylation sites is 1. The summed E-state index contributed by atoms with van der Waals surface area (Å²) in [5.41, 5.74) is 1.54. The molecule has 0 amide bonds. The molecule has 1 aliphatic heterocycles. The highest BCUT2D eigenvalue weighted by Gasteiger charge is 2.22. The first-order valence-corrected chi connectivity index (χ1v) is 9.53. The van der Waals surface area contributed by atoms with Crippen molar-refractivity contribution >= 4 is 17.3 Å². The highest BCUT2D eigenvalue weighted by atomic mass is 35.5. The minimum absolute atomic E-state index is 0.243. The molecular formula is C20H27ClN4O. The molecule has 0 N–H and O–H groups in total. The summed E-state index contributed by atoms with van der Waals surface area (Å²) in [6.45, 7) is 11.6. The monoisotopic (exact) mass is 374 g/mol. The van der Waals surface area contributed by atoms with E-state index < -0.39 is 0 Å². The summed E-state index contributed by atoms with van der Waals surface area (Å²) in [6, 6.07) is 9.35. The van der Waals surface area contributed by atoms with E-state index in [9.17, 15) is 4.79 Å². The Kier molecular flexibility index (Phi) is 5.68. The lowest BCUT2D eigenvalue weighted by atomic mass is 9.92. The molecule has 140 valence electrons. The van der Waals surface area contributed by atoms with Gasteiger partial charge < -0.3 is 4.90 Å². The number of nitrogens with zero attached hydrogens (tertiary/aromatic N) is 4. The molecule has 0 bridgehead atoms. The van der Waals surface area contributed by atoms with Crippen molar-refractivity contribution < 1.29 is 0 Å². The third kappa shape index (κ3) is 4.46. The first-order chi connectivity index (χ1) is 12.3. The first kappa shape index (κ1) is 18.9. The zero-order valence-electron chi connectivity index (χ0n) is 15.8. The minimum Gasteiger partial charge on any atom is -0.366 e. The molecule has 6 heteroatoms. The van der Waals surface area contributed by atoms with Crippen molar-refractivity contribution in [3.05, 3.63) is 51.9 Å². The number of halogens is 1. The van der Waals surface area contributed by atoms with Gasteiger partial charge in [-0.3, -0.25) is 9.69 Å². The van der Waals surface area contributed by atoms with Gasteiger partial charge in [-0.2, -0.15) is 9.78 Å². The van der Waals surface area contributed by atoms with Crippen LogP contribution >= 0.6 is 11.6 Å². The van der Waals surface area contributed by atoms with Crippen molar-refractivity contribution in [3.63, 3.8) is 0 Å². The lowest BCUT2D eigenvalue weighted by Crippen LogP contribution is -2.47. The molecule has 3 rings (SSSR count). The van der Waals surface area contributed by atoms with Crippen LogP contribution in [0.2, 0.25) is 5.02 Å². The number of hydrogen-bond acceptors (Lipinski definition) is 4. The summed E-state index contributed by atoms with van der Waals surface area (Å²) >= 11 is 6.41. The fraction of sp³-hybridized carbons (Fsp3) is 0.500. The second-order valence-electron chi connectivity index (χ2n) is 8.04. The van der Waals surface area contributed by atoms with E-state index in [1.54, 1.807) is 6.20 Å². The maximum absolute atomic E-state index is 12.6. The van der Waals surface area contributed by atoms with Crippen LogP contribution in [0.25, 0.3) is 5.69 Å². The van der Waals surface area contributed by atoms with Gasteiger partial charge in [-0.15, -0.1) is 0 Å². The molecular weight excluding hydrogens is 348 g/mol. The Morgan fingerprint density at radius 3 is 2.35 bits per heavy atom. The van der Waals surface area contributed by atoms with Crippen LogP contribution in [-0.2, 0) is 0 Å². The van der Waals surface area contributed by atoms with Gasteiger partial charge in [-0.1, -0.05) is 50.6 Å². The second-order valence-corrected chi connectivity index (χ2v) is 8.41. The molecule has 0 aliphatic carbocycles. The summed E-state index contributed by atoms with van der Waals surface area (Å²) in [7, 11) is 0. The smallest absolute Gasteiger partial charge is 0.292 e. The molecule has 2 heterocycles. The Bertz CT molecular complexity index is 790. The lowest BCUT2D eigenvalue weighted by molar-refractivity contribution is 0.217. The molecule has 0 unspecified atom stereocenters. The Balaban J connectivity index is 1.70. The predicted molar refractivity (Wildman–Crippen MR) is 108 cm³/mol. The van der Waals surface area contributed by atoms with Crippen molar-refractivity contribution in [2.45, 2.75) is 27.2 Å². The van der Waals surface area contributed by atoms with E-state index in [1.165, 1.54) is 11.1 Å². The predicted octanol–water partition coefficient (Wildman–Crippen LogP) is 3.44. The van der Waals surface area contributed by atoms with Gasteiger partial charge in [0.05, 0.1) is 17.6 Å². The summed E-state index contributed by atoms with van der Waals surface area (Å²) in [6.07, 6.45) is 2.89. The van der Waals surface area contributed by atoms with Crippen molar-refractivity contribution in [2.24, 2.45) is 5.41 Å². The quantitative estimate of drug-likeness (QED) is 0.822. The van der Waals surface area contributed by atoms with Gasteiger partial charge in [0.1, 0.15) is 5.02 Å². The Morgan fingerprint density at radius 2 is 1.73 bits per heavy atom.